The Morgan fingerprint density at radius 1 is 1.50 bits per heavy atom. The topological polar surface area (TPSA) is 75.4 Å². The number of carbonyl (C=O) groups excluding carboxylic acids is 1. The maximum absolute atomic E-state index is 11.6. The minimum absolute atomic E-state index is 0.0348. The van der Waals surface area contributed by atoms with Gasteiger partial charge < -0.3 is 16.2 Å². The van der Waals surface area contributed by atoms with Gasteiger partial charge in [0.05, 0.1) is 6.61 Å². The molecule has 0 saturated carbocycles. The van der Waals surface area contributed by atoms with Gasteiger partial charge in [0.1, 0.15) is 6.04 Å². The third-order valence-electron chi connectivity index (χ3n) is 2.77. The number of aliphatic hydroxyl groups excluding tert-OH is 1. The van der Waals surface area contributed by atoms with Gasteiger partial charge in [-0.15, -0.1) is 0 Å². The van der Waals surface area contributed by atoms with Crippen LogP contribution >= 0.6 is 11.8 Å². The van der Waals surface area contributed by atoms with Crippen LogP contribution in [0.4, 0.5) is 0 Å². The molecule has 0 aliphatic carbocycles. The molecule has 0 radical (unpaired) electrons. The van der Waals surface area contributed by atoms with E-state index in [9.17, 15) is 4.79 Å². The fraction of sp³-hybridized carbons (Fsp3) is 0.909. The molecule has 0 rings (SSSR count). The first kappa shape index (κ1) is 15.7. The van der Waals surface area contributed by atoms with E-state index in [0.717, 1.165) is 0 Å². The van der Waals surface area contributed by atoms with Crippen LogP contribution in [0.25, 0.3) is 0 Å². The summed E-state index contributed by atoms with van der Waals surface area (Å²) in [7, 11) is 0. The third-order valence-corrected chi connectivity index (χ3v) is 4.08. The minimum Gasteiger partial charge on any atom is -0.394 e. The van der Waals surface area contributed by atoms with Crippen LogP contribution in [-0.2, 0) is 4.79 Å². The maximum Gasteiger partial charge on any atom is 0.239 e. The molecule has 0 heterocycles. The van der Waals surface area contributed by atoms with Crippen molar-refractivity contribution in [3.63, 3.8) is 0 Å². The van der Waals surface area contributed by atoms with Crippen molar-refractivity contribution in [1.29, 1.82) is 0 Å². The Bertz CT molecular complexity index is 232. The number of hydrogen-bond acceptors (Lipinski definition) is 4. The van der Waals surface area contributed by atoms with Gasteiger partial charge in [-0.05, 0) is 26.0 Å². The van der Waals surface area contributed by atoms with Crippen molar-refractivity contribution in [3.8, 4) is 0 Å². The summed E-state index contributed by atoms with van der Waals surface area (Å²) in [6, 6.07) is -0.800. The van der Waals surface area contributed by atoms with Gasteiger partial charge in [-0.3, -0.25) is 4.79 Å². The lowest BCUT2D eigenvalue weighted by Gasteiger charge is -2.36. The van der Waals surface area contributed by atoms with Gasteiger partial charge in [0, 0.05) is 10.8 Å². The lowest BCUT2D eigenvalue weighted by atomic mass is 9.92. The molecule has 4 nitrogen and oxygen atoms in total. The third kappa shape index (κ3) is 4.31. The number of thioether (sulfide) groups is 1. The van der Waals surface area contributed by atoms with Gasteiger partial charge in [-0.2, -0.15) is 11.8 Å². The Morgan fingerprint density at radius 2 is 2.00 bits per heavy atom. The molecule has 5 heteroatoms. The first-order valence-corrected chi connectivity index (χ1v) is 6.70. The minimum atomic E-state index is -0.834. The summed E-state index contributed by atoms with van der Waals surface area (Å²) in [5, 5.41) is 11.7. The zero-order valence-corrected chi connectivity index (χ0v) is 11.6. The number of rotatable bonds is 6. The van der Waals surface area contributed by atoms with Crippen molar-refractivity contribution in [3.05, 3.63) is 0 Å². The monoisotopic (exact) mass is 248 g/mol. The van der Waals surface area contributed by atoms with Gasteiger partial charge in [-0.1, -0.05) is 13.8 Å². The molecular weight excluding hydrogens is 224 g/mol. The van der Waals surface area contributed by atoms with E-state index in [1.165, 1.54) is 0 Å². The molecule has 16 heavy (non-hydrogen) atoms. The van der Waals surface area contributed by atoms with E-state index in [4.69, 9.17) is 10.8 Å². The molecule has 0 aliphatic rings. The van der Waals surface area contributed by atoms with E-state index in [1.54, 1.807) is 11.8 Å². The Morgan fingerprint density at radius 3 is 2.31 bits per heavy atom. The van der Waals surface area contributed by atoms with Crippen molar-refractivity contribution < 1.29 is 9.90 Å². The van der Waals surface area contributed by atoms with Gasteiger partial charge in [0.2, 0.25) is 5.91 Å². The second-order valence-electron chi connectivity index (χ2n) is 4.83. The van der Waals surface area contributed by atoms with Gasteiger partial charge in [0.15, 0.2) is 0 Å². The molecule has 4 N–H and O–H groups in total. The Balaban J connectivity index is 4.65. The number of amides is 1. The molecule has 0 fully saturated rings. The quantitative estimate of drug-likeness (QED) is 0.643. The molecule has 2 atom stereocenters. The van der Waals surface area contributed by atoms with E-state index in [0.29, 0.717) is 5.92 Å². The summed E-state index contributed by atoms with van der Waals surface area (Å²) < 4.78 is -0.0565. The summed E-state index contributed by atoms with van der Waals surface area (Å²) in [6.45, 7) is 7.98. The molecule has 1 unspecified atom stereocenters. The first-order valence-electron chi connectivity index (χ1n) is 5.48. The molecule has 96 valence electrons. The molecule has 0 spiro atoms. The number of aliphatic hydroxyl groups is 1. The number of hydrogen-bond donors (Lipinski definition) is 3. The van der Waals surface area contributed by atoms with E-state index in [2.05, 4.69) is 33.0 Å². The van der Waals surface area contributed by atoms with Crippen LogP contribution in [0, 0.1) is 5.92 Å². The number of nitrogens with two attached hydrogens (primary N) is 1. The predicted octanol–water partition coefficient (Wildman–Crippen LogP) is 0.588. The van der Waals surface area contributed by atoms with E-state index in [1.807, 2.05) is 6.26 Å². The van der Waals surface area contributed by atoms with Gasteiger partial charge in [0.25, 0.3) is 0 Å². The highest BCUT2D eigenvalue weighted by molar-refractivity contribution is 8.00. The van der Waals surface area contributed by atoms with Crippen LogP contribution in [0.1, 0.15) is 27.7 Å². The standard InChI is InChI=1S/C11H24N2O2S/c1-7(2)9(11(3,4)16-5)13-10(15)8(12)6-14/h7-9,14H,6,12H2,1-5H3,(H,13,15)/t8-,9?/m1/s1. The molecule has 0 aliphatic heterocycles. The fourth-order valence-electron chi connectivity index (χ4n) is 1.61. The molecule has 0 bridgehead atoms. The van der Waals surface area contributed by atoms with Crippen molar-refractivity contribution in [2.75, 3.05) is 12.9 Å². The van der Waals surface area contributed by atoms with Crippen molar-refractivity contribution in [1.82, 2.24) is 5.32 Å². The van der Waals surface area contributed by atoms with Crippen molar-refractivity contribution >= 4 is 17.7 Å². The van der Waals surface area contributed by atoms with Crippen LogP contribution < -0.4 is 11.1 Å². The molecule has 1 amide bonds. The van der Waals surface area contributed by atoms with E-state index < -0.39 is 6.04 Å². The van der Waals surface area contributed by atoms with Crippen LogP contribution in [-0.4, -0.2) is 40.7 Å². The molecule has 0 saturated heterocycles. The summed E-state index contributed by atoms with van der Waals surface area (Å²) in [6.07, 6.45) is 2.02. The molecule has 0 aromatic heterocycles. The lowest BCUT2D eigenvalue weighted by Crippen LogP contribution is -2.55. The highest BCUT2D eigenvalue weighted by atomic mass is 32.2. The van der Waals surface area contributed by atoms with Gasteiger partial charge in [-0.25, -0.2) is 0 Å². The van der Waals surface area contributed by atoms with E-state index >= 15 is 0 Å². The second-order valence-corrected chi connectivity index (χ2v) is 6.29. The zero-order chi connectivity index (χ0) is 12.9. The molecule has 0 aromatic carbocycles. The lowest BCUT2D eigenvalue weighted by molar-refractivity contribution is -0.124. The first-order chi connectivity index (χ1) is 7.26. The van der Waals surface area contributed by atoms with E-state index in [-0.39, 0.29) is 23.3 Å². The summed E-state index contributed by atoms with van der Waals surface area (Å²) >= 11 is 1.71. The average molecular weight is 248 g/mol. The average Bonchev–Trinajstić information content (AvgIpc) is 2.23. The second kappa shape index (κ2) is 6.47. The largest absolute Gasteiger partial charge is 0.394 e. The normalized spacial score (nSPS) is 16.0. The summed E-state index contributed by atoms with van der Waals surface area (Å²) in [5.74, 6) is 0.0283. The van der Waals surface area contributed by atoms with Crippen molar-refractivity contribution in [2.24, 2.45) is 11.7 Å². The molecule has 0 aromatic rings. The number of carbonyl (C=O) groups is 1. The predicted molar refractivity (Wildman–Crippen MR) is 69.4 cm³/mol. The van der Waals surface area contributed by atoms with Gasteiger partial charge >= 0.3 is 0 Å². The fourth-order valence-corrected chi connectivity index (χ4v) is 2.20. The Labute approximate surface area is 102 Å². The van der Waals surface area contributed by atoms with Crippen LogP contribution in [0.15, 0.2) is 0 Å². The SMILES string of the molecule is CSC(C)(C)C(NC(=O)[C@H](N)CO)C(C)C. The Hall–Kier alpha value is -0.260. The van der Waals surface area contributed by atoms with Crippen LogP contribution in [0.5, 0.6) is 0 Å². The number of nitrogens with one attached hydrogen (secondary N) is 1. The zero-order valence-electron chi connectivity index (χ0n) is 10.8. The van der Waals surface area contributed by atoms with Crippen LogP contribution in [0.3, 0.4) is 0 Å². The summed E-state index contributed by atoms with van der Waals surface area (Å²) in [5.41, 5.74) is 5.48. The highest BCUT2D eigenvalue weighted by Crippen LogP contribution is 2.29. The van der Waals surface area contributed by atoms with Crippen molar-refractivity contribution in [2.45, 2.75) is 44.5 Å². The van der Waals surface area contributed by atoms with Crippen LogP contribution in [0.2, 0.25) is 0 Å². The molecular formula is C11H24N2O2S. The Kier molecular flexibility index (Phi) is 6.36. The smallest absolute Gasteiger partial charge is 0.239 e. The highest BCUT2D eigenvalue weighted by Gasteiger charge is 2.33. The summed E-state index contributed by atoms with van der Waals surface area (Å²) in [4.78, 5) is 11.6. The maximum atomic E-state index is 11.6.